The number of hydrogen-bond donors (Lipinski definition) is 0. The van der Waals surface area contributed by atoms with Gasteiger partial charge in [-0.2, -0.15) is 0 Å². The summed E-state index contributed by atoms with van der Waals surface area (Å²) in [5.74, 6) is 1.40. The Balaban J connectivity index is 1.92. The van der Waals surface area contributed by atoms with E-state index < -0.39 is 0 Å². The van der Waals surface area contributed by atoms with Crippen LogP contribution in [0.25, 0.3) is 0 Å². The van der Waals surface area contributed by atoms with Gasteiger partial charge in [0.1, 0.15) is 11.0 Å². The molecule has 19 heavy (non-hydrogen) atoms. The van der Waals surface area contributed by atoms with Crippen LogP contribution in [-0.4, -0.2) is 9.97 Å². The molecule has 0 saturated heterocycles. The molecule has 1 aliphatic carbocycles. The van der Waals surface area contributed by atoms with Crippen molar-refractivity contribution in [1.29, 1.82) is 0 Å². The Morgan fingerprint density at radius 3 is 2.79 bits per heavy atom. The van der Waals surface area contributed by atoms with E-state index in [2.05, 4.69) is 55.6 Å². The first-order valence-electron chi connectivity index (χ1n) is 6.10. The third-order valence-corrected chi connectivity index (χ3v) is 5.25. The van der Waals surface area contributed by atoms with E-state index in [9.17, 15) is 0 Å². The highest BCUT2D eigenvalue weighted by Crippen LogP contribution is 2.42. The topological polar surface area (TPSA) is 25.8 Å². The van der Waals surface area contributed by atoms with E-state index >= 15 is 0 Å². The molecule has 1 saturated carbocycles. The maximum absolute atomic E-state index is 6.22. The summed E-state index contributed by atoms with van der Waals surface area (Å²) in [6.45, 7) is 0. The van der Waals surface area contributed by atoms with E-state index in [0.29, 0.717) is 11.1 Å². The molecule has 0 radical (unpaired) electrons. The lowest BCUT2D eigenvalue weighted by Crippen LogP contribution is -2.03. The van der Waals surface area contributed by atoms with Crippen LogP contribution in [0.15, 0.2) is 28.7 Å². The molecule has 1 aromatic heterocycles. The van der Waals surface area contributed by atoms with Crippen molar-refractivity contribution in [3.8, 4) is 0 Å². The highest BCUT2D eigenvalue weighted by Gasteiger charge is 2.29. The summed E-state index contributed by atoms with van der Waals surface area (Å²) in [6, 6.07) is 8.21. The Labute approximate surface area is 139 Å². The molecule has 1 aliphatic rings. The van der Waals surface area contributed by atoms with Crippen molar-refractivity contribution in [2.45, 2.75) is 25.2 Å². The number of nitrogens with zero attached hydrogens (tertiary/aromatic N) is 2. The number of hydrogen-bond acceptors (Lipinski definition) is 2. The van der Waals surface area contributed by atoms with Gasteiger partial charge in [0.2, 0.25) is 0 Å². The van der Waals surface area contributed by atoms with Crippen molar-refractivity contribution in [2.24, 2.45) is 0 Å². The Morgan fingerprint density at radius 2 is 2.11 bits per heavy atom. The van der Waals surface area contributed by atoms with E-state index in [-0.39, 0.29) is 0 Å². The van der Waals surface area contributed by atoms with Crippen molar-refractivity contribution in [3.05, 3.63) is 54.5 Å². The predicted molar refractivity (Wildman–Crippen MR) is 88.7 cm³/mol. The van der Waals surface area contributed by atoms with Crippen LogP contribution in [0.1, 0.15) is 35.8 Å². The first kappa shape index (κ1) is 13.8. The molecule has 0 aliphatic heterocycles. The van der Waals surface area contributed by atoms with E-state index in [1.165, 1.54) is 18.4 Å². The maximum Gasteiger partial charge on any atom is 0.146 e. The first-order valence-corrected chi connectivity index (χ1v) is 8.34. The molecule has 0 N–H and O–H groups in total. The van der Waals surface area contributed by atoms with Crippen molar-refractivity contribution in [1.82, 2.24) is 9.97 Å². The minimum atomic E-state index is 0.586. The Kier molecular flexibility index (Phi) is 4.10. The molecule has 1 fully saturated rings. The monoisotopic (exact) mass is 448 g/mol. The fraction of sp³-hybridized carbons (Fsp3) is 0.286. The van der Waals surface area contributed by atoms with Crippen LogP contribution in [-0.2, 0) is 6.42 Å². The molecule has 0 bridgehead atoms. The summed E-state index contributed by atoms with van der Waals surface area (Å²) >= 11 is 12.0. The number of rotatable bonds is 3. The SMILES string of the molecule is Clc1nc(Cc2cccc(Br)c2)nc(C2CC2)c1I. The van der Waals surface area contributed by atoms with Gasteiger partial charge in [-0.15, -0.1) is 0 Å². The molecule has 5 heteroatoms. The highest BCUT2D eigenvalue weighted by molar-refractivity contribution is 14.1. The molecule has 3 rings (SSSR count). The lowest BCUT2D eigenvalue weighted by Gasteiger charge is -2.07. The highest BCUT2D eigenvalue weighted by atomic mass is 127. The molecule has 0 atom stereocenters. The minimum Gasteiger partial charge on any atom is -0.236 e. The second-order valence-electron chi connectivity index (χ2n) is 4.71. The van der Waals surface area contributed by atoms with Crippen molar-refractivity contribution >= 4 is 50.1 Å². The van der Waals surface area contributed by atoms with Crippen LogP contribution in [0, 0.1) is 3.57 Å². The van der Waals surface area contributed by atoms with Gasteiger partial charge in [-0.25, -0.2) is 9.97 Å². The van der Waals surface area contributed by atoms with Gasteiger partial charge in [-0.1, -0.05) is 39.7 Å². The van der Waals surface area contributed by atoms with Gasteiger partial charge in [0, 0.05) is 16.8 Å². The molecule has 1 heterocycles. The quantitative estimate of drug-likeness (QED) is 0.489. The molecule has 2 nitrogen and oxygen atoms in total. The van der Waals surface area contributed by atoms with Gasteiger partial charge >= 0.3 is 0 Å². The van der Waals surface area contributed by atoms with E-state index in [1.807, 2.05) is 12.1 Å². The smallest absolute Gasteiger partial charge is 0.146 e. The average Bonchev–Trinajstić information content (AvgIpc) is 3.18. The molecular weight excluding hydrogens is 438 g/mol. The second kappa shape index (κ2) is 5.66. The zero-order valence-corrected chi connectivity index (χ0v) is 14.5. The standard InChI is InChI=1S/C14H11BrClIN2/c15-10-3-1-2-8(6-10)7-11-18-13(9-4-5-9)12(17)14(16)19-11/h1-3,6,9H,4-5,7H2. The zero-order valence-electron chi connectivity index (χ0n) is 10.0. The molecule has 1 aromatic carbocycles. The summed E-state index contributed by atoms with van der Waals surface area (Å²) in [5, 5.41) is 0.586. The van der Waals surface area contributed by atoms with E-state index in [0.717, 1.165) is 26.0 Å². The summed E-state index contributed by atoms with van der Waals surface area (Å²) in [6.07, 6.45) is 3.16. The van der Waals surface area contributed by atoms with Crippen molar-refractivity contribution in [2.75, 3.05) is 0 Å². The zero-order chi connectivity index (χ0) is 13.4. The number of halogens is 3. The number of benzene rings is 1. The van der Waals surface area contributed by atoms with Gasteiger partial charge in [0.25, 0.3) is 0 Å². The molecule has 0 spiro atoms. The first-order chi connectivity index (χ1) is 9.13. The fourth-order valence-electron chi connectivity index (χ4n) is 2.02. The van der Waals surface area contributed by atoms with Crippen LogP contribution in [0.2, 0.25) is 5.15 Å². The second-order valence-corrected chi connectivity index (χ2v) is 7.06. The molecule has 0 unspecified atom stereocenters. The summed E-state index contributed by atoms with van der Waals surface area (Å²) in [5.41, 5.74) is 2.32. The molecule has 0 amide bonds. The van der Waals surface area contributed by atoms with Gasteiger partial charge in [-0.3, -0.25) is 0 Å². The number of aromatic nitrogens is 2. The average molecular weight is 450 g/mol. The van der Waals surface area contributed by atoms with Crippen LogP contribution >= 0.6 is 50.1 Å². The summed E-state index contributed by atoms with van der Waals surface area (Å²) in [4.78, 5) is 9.10. The van der Waals surface area contributed by atoms with E-state index in [1.54, 1.807) is 0 Å². The van der Waals surface area contributed by atoms with Crippen molar-refractivity contribution in [3.63, 3.8) is 0 Å². The van der Waals surface area contributed by atoms with Gasteiger partial charge in [0.05, 0.1) is 9.26 Å². The normalized spacial score (nSPS) is 14.7. The van der Waals surface area contributed by atoms with E-state index in [4.69, 9.17) is 16.6 Å². The van der Waals surface area contributed by atoms with Crippen LogP contribution in [0.4, 0.5) is 0 Å². The predicted octanol–water partition coefficient (Wildman–Crippen LogP) is 4.97. The summed E-state index contributed by atoms with van der Waals surface area (Å²) in [7, 11) is 0. The Hall–Kier alpha value is -0.200. The maximum atomic E-state index is 6.22. The fourth-order valence-corrected chi connectivity index (χ4v) is 3.34. The third kappa shape index (κ3) is 3.28. The lowest BCUT2D eigenvalue weighted by molar-refractivity contribution is 0.888. The summed E-state index contributed by atoms with van der Waals surface area (Å²) < 4.78 is 2.09. The third-order valence-electron chi connectivity index (χ3n) is 3.10. The largest absolute Gasteiger partial charge is 0.236 e. The molecular formula is C14H11BrClIN2. The Morgan fingerprint density at radius 1 is 1.32 bits per heavy atom. The van der Waals surface area contributed by atoms with Crippen LogP contribution in [0.5, 0.6) is 0 Å². The molecule has 2 aromatic rings. The van der Waals surface area contributed by atoms with Crippen LogP contribution < -0.4 is 0 Å². The molecule has 98 valence electrons. The van der Waals surface area contributed by atoms with Gasteiger partial charge in [0.15, 0.2) is 0 Å². The van der Waals surface area contributed by atoms with Gasteiger partial charge in [-0.05, 0) is 53.1 Å². The van der Waals surface area contributed by atoms with Gasteiger partial charge < -0.3 is 0 Å². The van der Waals surface area contributed by atoms with Crippen LogP contribution in [0.3, 0.4) is 0 Å². The Bertz CT molecular complexity index is 629. The lowest BCUT2D eigenvalue weighted by atomic mass is 10.1. The van der Waals surface area contributed by atoms with Crippen molar-refractivity contribution < 1.29 is 0 Å². The minimum absolute atomic E-state index is 0.586.